The van der Waals surface area contributed by atoms with Crippen LogP contribution >= 0.6 is 12.2 Å². The third-order valence-corrected chi connectivity index (χ3v) is 5.91. The summed E-state index contributed by atoms with van der Waals surface area (Å²) in [4.78, 5) is 27.0. The second kappa shape index (κ2) is 7.36. The summed E-state index contributed by atoms with van der Waals surface area (Å²) in [5.74, 6) is -0.849. The van der Waals surface area contributed by atoms with Gasteiger partial charge in [-0.3, -0.25) is 19.8 Å². The summed E-state index contributed by atoms with van der Waals surface area (Å²) in [7, 11) is 0. The highest BCUT2D eigenvalue weighted by atomic mass is 32.1. The Balaban J connectivity index is 1.72. The van der Waals surface area contributed by atoms with E-state index in [0.29, 0.717) is 11.7 Å². The fourth-order valence-electron chi connectivity index (χ4n) is 4.30. The van der Waals surface area contributed by atoms with Crippen LogP contribution < -0.4 is 10.2 Å². The summed E-state index contributed by atoms with van der Waals surface area (Å²) in [6.07, 6.45) is 6.57. The number of anilines is 1. The van der Waals surface area contributed by atoms with Crippen molar-refractivity contribution in [2.75, 3.05) is 4.90 Å². The molecular weight excluding hydrogens is 370 g/mol. The molecular formula is C22H23N3O2S. The Hall–Kier alpha value is -2.73. The predicted molar refractivity (Wildman–Crippen MR) is 114 cm³/mol. The van der Waals surface area contributed by atoms with Crippen molar-refractivity contribution in [1.82, 2.24) is 9.88 Å². The molecule has 0 unspecified atom stereocenters. The van der Waals surface area contributed by atoms with Gasteiger partial charge < -0.3 is 4.57 Å². The van der Waals surface area contributed by atoms with Crippen LogP contribution in [0.5, 0.6) is 0 Å². The summed E-state index contributed by atoms with van der Waals surface area (Å²) in [6.45, 7) is 4.14. The number of hydrogen-bond acceptors (Lipinski definition) is 3. The SMILES string of the molecule is Cc1cc(/C=C2\C(=O)NC(=S)N(c3ccccc3)C2=O)c(C)n1C1CCCC1. The molecule has 2 aromatic rings. The Morgan fingerprint density at radius 3 is 2.46 bits per heavy atom. The van der Waals surface area contributed by atoms with Gasteiger partial charge >= 0.3 is 0 Å². The molecule has 1 aromatic heterocycles. The third kappa shape index (κ3) is 3.18. The highest BCUT2D eigenvalue weighted by Crippen LogP contribution is 2.34. The maximum atomic E-state index is 13.1. The zero-order chi connectivity index (χ0) is 19.8. The first-order chi connectivity index (χ1) is 13.5. The molecule has 28 heavy (non-hydrogen) atoms. The number of thiocarbonyl (C=S) groups is 1. The highest BCUT2D eigenvalue weighted by molar-refractivity contribution is 7.80. The number of rotatable bonds is 3. The van der Waals surface area contributed by atoms with Crippen LogP contribution in [0.3, 0.4) is 0 Å². The Bertz CT molecular complexity index is 985. The van der Waals surface area contributed by atoms with Gasteiger partial charge in [0.1, 0.15) is 5.57 Å². The molecule has 1 aromatic carbocycles. The number of aryl methyl sites for hydroxylation is 1. The number of benzene rings is 1. The zero-order valence-corrected chi connectivity index (χ0v) is 16.9. The zero-order valence-electron chi connectivity index (χ0n) is 16.1. The van der Waals surface area contributed by atoms with Crippen molar-refractivity contribution in [3.63, 3.8) is 0 Å². The molecule has 0 atom stereocenters. The van der Waals surface area contributed by atoms with Crippen molar-refractivity contribution in [3.8, 4) is 0 Å². The van der Waals surface area contributed by atoms with Crippen LogP contribution in [0, 0.1) is 13.8 Å². The molecule has 6 heteroatoms. The number of carbonyl (C=O) groups excluding carboxylic acids is 2. The monoisotopic (exact) mass is 393 g/mol. The topological polar surface area (TPSA) is 54.3 Å². The van der Waals surface area contributed by atoms with Crippen LogP contribution in [0.2, 0.25) is 0 Å². The van der Waals surface area contributed by atoms with Gasteiger partial charge in [-0.15, -0.1) is 0 Å². The van der Waals surface area contributed by atoms with Crippen molar-refractivity contribution in [3.05, 3.63) is 58.9 Å². The summed E-state index contributed by atoms with van der Waals surface area (Å²) < 4.78 is 2.35. The fraction of sp³-hybridized carbons (Fsp3) is 0.318. The standard InChI is InChI=1S/C22H23N3O2S/c1-14-12-16(15(2)24(14)17-10-6-7-11-17)13-19-20(26)23-22(28)25(21(19)27)18-8-4-3-5-9-18/h3-5,8-9,12-13,17H,6-7,10-11H2,1-2H3,(H,23,26,28)/b19-13+. The van der Waals surface area contributed by atoms with Crippen molar-refractivity contribution < 1.29 is 9.59 Å². The minimum atomic E-state index is -0.451. The van der Waals surface area contributed by atoms with Gasteiger partial charge in [-0.1, -0.05) is 31.0 Å². The van der Waals surface area contributed by atoms with E-state index < -0.39 is 11.8 Å². The van der Waals surface area contributed by atoms with Crippen molar-refractivity contribution in [2.24, 2.45) is 0 Å². The lowest BCUT2D eigenvalue weighted by molar-refractivity contribution is -0.122. The summed E-state index contributed by atoms with van der Waals surface area (Å²) in [5, 5.41) is 2.75. The summed E-state index contributed by atoms with van der Waals surface area (Å²) in [5.41, 5.74) is 3.90. The molecule has 4 rings (SSSR count). The quantitative estimate of drug-likeness (QED) is 0.486. The third-order valence-electron chi connectivity index (χ3n) is 5.63. The number of aromatic nitrogens is 1. The molecule has 144 valence electrons. The van der Waals surface area contributed by atoms with E-state index in [1.165, 1.54) is 30.6 Å². The number of carbonyl (C=O) groups is 2. The van der Waals surface area contributed by atoms with Gasteiger partial charge in [-0.05, 0) is 68.7 Å². The van der Waals surface area contributed by atoms with Gasteiger partial charge in [-0.25, -0.2) is 0 Å². The van der Waals surface area contributed by atoms with Crippen molar-refractivity contribution >= 4 is 40.9 Å². The van der Waals surface area contributed by atoms with E-state index in [2.05, 4.69) is 29.8 Å². The number of hydrogen-bond donors (Lipinski definition) is 1. The van der Waals surface area contributed by atoms with E-state index in [1.807, 2.05) is 18.2 Å². The lowest BCUT2D eigenvalue weighted by atomic mass is 10.1. The lowest BCUT2D eigenvalue weighted by Gasteiger charge is -2.28. The lowest BCUT2D eigenvalue weighted by Crippen LogP contribution is -2.54. The number of nitrogens with one attached hydrogen (secondary N) is 1. The smallest absolute Gasteiger partial charge is 0.270 e. The van der Waals surface area contributed by atoms with E-state index in [9.17, 15) is 9.59 Å². The van der Waals surface area contributed by atoms with Gasteiger partial charge in [0.15, 0.2) is 5.11 Å². The Morgan fingerprint density at radius 1 is 1.11 bits per heavy atom. The molecule has 1 aliphatic carbocycles. The van der Waals surface area contributed by atoms with Gasteiger partial charge in [0.2, 0.25) is 0 Å². The molecule has 1 saturated carbocycles. The minimum absolute atomic E-state index is 0.101. The first-order valence-corrected chi connectivity index (χ1v) is 10.0. The molecule has 2 fully saturated rings. The molecule has 5 nitrogen and oxygen atoms in total. The molecule has 1 saturated heterocycles. The molecule has 2 heterocycles. The van der Waals surface area contributed by atoms with E-state index >= 15 is 0 Å². The van der Waals surface area contributed by atoms with Gasteiger partial charge in [0, 0.05) is 17.4 Å². The Labute approximate surface area is 170 Å². The average Bonchev–Trinajstić information content (AvgIpc) is 3.27. The van der Waals surface area contributed by atoms with Crippen LogP contribution in [0.4, 0.5) is 5.69 Å². The van der Waals surface area contributed by atoms with Crippen LogP contribution in [-0.4, -0.2) is 21.5 Å². The highest BCUT2D eigenvalue weighted by Gasteiger charge is 2.34. The van der Waals surface area contributed by atoms with Gasteiger partial charge in [0.05, 0.1) is 5.69 Å². The van der Waals surface area contributed by atoms with E-state index in [0.717, 1.165) is 17.0 Å². The normalized spacial score (nSPS) is 19.6. The summed E-state index contributed by atoms with van der Waals surface area (Å²) >= 11 is 5.25. The number of amides is 2. The van der Waals surface area contributed by atoms with Crippen LogP contribution in [0.1, 0.15) is 48.7 Å². The number of nitrogens with zero attached hydrogens (tertiary/aromatic N) is 2. The molecule has 2 amide bonds. The minimum Gasteiger partial charge on any atom is -0.346 e. The predicted octanol–water partition coefficient (Wildman–Crippen LogP) is 4.05. The molecule has 2 aliphatic rings. The van der Waals surface area contributed by atoms with Gasteiger partial charge in [-0.2, -0.15) is 0 Å². The van der Waals surface area contributed by atoms with Crippen molar-refractivity contribution in [2.45, 2.75) is 45.6 Å². The maximum absolute atomic E-state index is 13.1. The summed E-state index contributed by atoms with van der Waals surface area (Å²) in [6, 6.07) is 11.7. The molecule has 0 radical (unpaired) electrons. The maximum Gasteiger partial charge on any atom is 0.270 e. The molecule has 0 bridgehead atoms. The Kier molecular flexibility index (Phi) is 4.89. The molecule has 0 spiro atoms. The van der Waals surface area contributed by atoms with E-state index in [-0.39, 0.29) is 10.7 Å². The second-order valence-electron chi connectivity index (χ2n) is 7.43. The van der Waals surface area contributed by atoms with Crippen molar-refractivity contribution in [1.29, 1.82) is 0 Å². The van der Waals surface area contributed by atoms with Crippen LogP contribution in [0.15, 0.2) is 42.0 Å². The molecule has 1 N–H and O–H groups in total. The first-order valence-electron chi connectivity index (χ1n) is 9.62. The fourth-order valence-corrected chi connectivity index (χ4v) is 4.58. The molecule has 1 aliphatic heterocycles. The van der Waals surface area contributed by atoms with Gasteiger partial charge in [0.25, 0.3) is 11.8 Å². The average molecular weight is 394 g/mol. The number of para-hydroxylation sites is 1. The van der Waals surface area contributed by atoms with E-state index in [4.69, 9.17) is 12.2 Å². The van der Waals surface area contributed by atoms with Crippen LogP contribution in [-0.2, 0) is 9.59 Å². The second-order valence-corrected chi connectivity index (χ2v) is 7.81. The van der Waals surface area contributed by atoms with E-state index in [1.54, 1.807) is 18.2 Å². The van der Waals surface area contributed by atoms with Crippen LogP contribution in [0.25, 0.3) is 6.08 Å². The largest absolute Gasteiger partial charge is 0.346 e. The first kappa shape index (κ1) is 18.6. The Morgan fingerprint density at radius 2 is 1.79 bits per heavy atom.